The molecule has 1 saturated heterocycles. The van der Waals surface area contributed by atoms with Crippen molar-refractivity contribution in [1.29, 1.82) is 0 Å². The lowest BCUT2D eigenvalue weighted by atomic mass is 10.1. The zero-order valence-electron chi connectivity index (χ0n) is 14.8. The van der Waals surface area contributed by atoms with Crippen LogP contribution >= 0.6 is 0 Å². The molecule has 3 rings (SSSR count). The van der Waals surface area contributed by atoms with E-state index in [1.807, 2.05) is 38.1 Å². The Bertz CT molecular complexity index is 690. The number of rotatable bonds is 6. The van der Waals surface area contributed by atoms with Crippen LogP contribution in [-0.2, 0) is 4.74 Å². The summed E-state index contributed by atoms with van der Waals surface area (Å²) in [5.41, 5.74) is 2.35. The van der Waals surface area contributed by atoms with E-state index in [0.717, 1.165) is 50.4 Å². The molecule has 0 bridgehead atoms. The first-order valence-electron chi connectivity index (χ1n) is 8.75. The average Bonchev–Trinajstić information content (AvgIpc) is 3.11. The van der Waals surface area contributed by atoms with Crippen LogP contribution in [0.4, 0.5) is 0 Å². The number of carbonyl (C=O) groups excluding carboxylic acids is 1. The average molecular weight is 343 g/mol. The van der Waals surface area contributed by atoms with Gasteiger partial charge in [0.1, 0.15) is 0 Å². The zero-order chi connectivity index (χ0) is 17.6. The molecule has 1 N–H and O–H groups in total. The summed E-state index contributed by atoms with van der Waals surface area (Å²) in [6.45, 7) is 8.49. The summed E-state index contributed by atoms with van der Waals surface area (Å²) in [6.07, 6.45) is 2.21. The summed E-state index contributed by atoms with van der Waals surface area (Å²) in [6, 6.07) is 7.93. The van der Waals surface area contributed by atoms with Gasteiger partial charge in [0.25, 0.3) is 5.91 Å². The molecular weight excluding hydrogens is 318 g/mol. The molecule has 1 aliphatic heterocycles. The molecule has 2 aromatic rings. The maximum atomic E-state index is 12.6. The van der Waals surface area contributed by atoms with Gasteiger partial charge in [0.05, 0.1) is 13.2 Å². The lowest BCUT2D eigenvalue weighted by Gasteiger charge is -2.27. The van der Waals surface area contributed by atoms with Crippen molar-refractivity contribution >= 4 is 5.91 Å². The topological polar surface area (TPSA) is 67.6 Å². The van der Waals surface area contributed by atoms with E-state index in [1.165, 1.54) is 6.39 Å². The molecule has 1 atom stereocenters. The summed E-state index contributed by atoms with van der Waals surface area (Å²) < 4.78 is 10.8. The number of hydrogen-bond donors (Lipinski definition) is 1. The van der Waals surface area contributed by atoms with E-state index in [0.29, 0.717) is 11.5 Å². The van der Waals surface area contributed by atoms with Gasteiger partial charge in [0.2, 0.25) is 0 Å². The van der Waals surface area contributed by atoms with Crippen LogP contribution in [0, 0.1) is 6.92 Å². The first-order valence-corrected chi connectivity index (χ1v) is 8.75. The highest BCUT2D eigenvalue weighted by Crippen LogP contribution is 2.23. The van der Waals surface area contributed by atoms with Crippen LogP contribution in [0.25, 0.3) is 11.3 Å². The SMILES string of the molecule is Cc1ccc(-c2ocnc2C(=O)N[C@H](C)CCN2CCOCC2)cc1. The number of nitrogens with one attached hydrogen (secondary N) is 1. The third-order valence-electron chi connectivity index (χ3n) is 4.46. The van der Waals surface area contributed by atoms with Crippen LogP contribution in [0.1, 0.15) is 29.4 Å². The predicted molar refractivity (Wildman–Crippen MR) is 95.5 cm³/mol. The molecule has 6 nitrogen and oxygen atoms in total. The minimum atomic E-state index is -0.196. The standard InChI is InChI=1S/C19H25N3O3/c1-14-3-5-16(6-4-14)18-17(20-13-25-18)19(23)21-15(2)7-8-22-9-11-24-12-10-22/h3-6,13,15H,7-12H2,1-2H3,(H,21,23)/t15-/m1/s1. The van der Waals surface area contributed by atoms with Crippen LogP contribution in [0.3, 0.4) is 0 Å². The van der Waals surface area contributed by atoms with Gasteiger partial charge in [-0.1, -0.05) is 29.8 Å². The second kappa shape index (κ2) is 8.27. The van der Waals surface area contributed by atoms with Crippen LogP contribution in [0.15, 0.2) is 35.1 Å². The molecule has 0 spiro atoms. The Kier molecular flexibility index (Phi) is 5.83. The Morgan fingerprint density at radius 1 is 1.28 bits per heavy atom. The lowest BCUT2D eigenvalue weighted by Crippen LogP contribution is -2.40. The summed E-state index contributed by atoms with van der Waals surface area (Å²) in [7, 11) is 0. The zero-order valence-corrected chi connectivity index (χ0v) is 14.8. The van der Waals surface area contributed by atoms with Crippen molar-refractivity contribution in [2.45, 2.75) is 26.3 Å². The predicted octanol–water partition coefficient (Wildman–Crippen LogP) is 2.49. The summed E-state index contributed by atoms with van der Waals surface area (Å²) in [4.78, 5) is 19.0. The number of nitrogens with zero attached hydrogens (tertiary/aromatic N) is 2. The normalized spacial score (nSPS) is 16.6. The van der Waals surface area contributed by atoms with Crippen molar-refractivity contribution in [1.82, 2.24) is 15.2 Å². The summed E-state index contributed by atoms with van der Waals surface area (Å²) >= 11 is 0. The monoisotopic (exact) mass is 343 g/mol. The maximum Gasteiger partial charge on any atom is 0.274 e. The number of ether oxygens (including phenoxy) is 1. The van der Waals surface area contributed by atoms with Crippen LogP contribution in [-0.4, -0.2) is 54.7 Å². The largest absolute Gasteiger partial charge is 0.443 e. The number of hydrogen-bond acceptors (Lipinski definition) is 5. The second-order valence-corrected chi connectivity index (χ2v) is 6.51. The maximum absolute atomic E-state index is 12.6. The van der Waals surface area contributed by atoms with Gasteiger partial charge in [-0.2, -0.15) is 0 Å². The van der Waals surface area contributed by atoms with Crippen LogP contribution in [0.5, 0.6) is 0 Å². The van der Waals surface area contributed by atoms with Gasteiger partial charge in [0.15, 0.2) is 17.8 Å². The highest BCUT2D eigenvalue weighted by Gasteiger charge is 2.20. The van der Waals surface area contributed by atoms with Crippen LogP contribution < -0.4 is 5.32 Å². The minimum Gasteiger partial charge on any atom is -0.443 e. The number of benzene rings is 1. The van der Waals surface area contributed by atoms with E-state index in [1.54, 1.807) is 0 Å². The number of aromatic nitrogens is 1. The van der Waals surface area contributed by atoms with E-state index in [2.05, 4.69) is 15.2 Å². The van der Waals surface area contributed by atoms with E-state index < -0.39 is 0 Å². The minimum absolute atomic E-state index is 0.0675. The highest BCUT2D eigenvalue weighted by atomic mass is 16.5. The van der Waals surface area contributed by atoms with Crippen molar-refractivity contribution in [2.24, 2.45) is 0 Å². The Labute approximate surface area is 148 Å². The van der Waals surface area contributed by atoms with Crippen molar-refractivity contribution < 1.29 is 13.9 Å². The fraction of sp³-hybridized carbons (Fsp3) is 0.474. The number of morpholine rings is 1. The van der Waals surface area contributed by atoms with Gasteiger partial charge < -0.3 is 14.5 Å². The van der Waals surface area contributed by atoms with Gasteiger partial charge >= 0.3 is 0 Å². The van der Waals surface area contributed by atoms with Gasteiger partial charge in [0, 0.05) is 31.2 Å². The molecule has 25 heavy (non-hydrogen) atoms. The van der Waals surface area contributed by atoms with E-state index in [-0.39, 0.29) is 11.9 Å². The van der Waals surface area contributed by atoms with E-state index in [9.17, 15) is 4.79 Å². The molecular formula is C19H25N3O3. The molecule has 0 saturated carbocycles. The van der Waals surface area contributed by atoms with Crippen LogP contribution in [0.2, 0.25) is 0 Å². The number of aryl methyl sites for hydroxylation is 1. The van der Waals surface area contributed by atoms with Gasteiger partial charge in [-0.25, -0.2) is 4.98 Å². The lowest BCUT2D eigenvalue weighted by molar-refractivity contribution is 0.0363. The molecule has 1 aliphatic rings. The third-order valence-corrected chi connectivity index (χ3v) is 4.46. The quantitative estimate of drug-likeness (QED) is 0.873. The fourth-order valence-electron chi connectivity index (χ4n) is 2.88. The second-order valence-electron chi connectivity index (χ2n) is 6.51. The van der Waals surface area contributed by atoms with E-state index >= 15 is 0 Å². The van der Waals surface area contributed by atoms with Gasteiger partial charge in [-0.15, -0.1) is 0 Å². The van der Waals surface area contributed by atoms with E-state index in [4.69, 9.17) is 9.15 Å². The molecule has 2 heterocycles. The van der Waals surface area contributed by atoms with Crippen molar-refractivity contribution in [2.75, 3.05) is 32.8 Å². The molecule has 134 valence electrons. The van der Waals surface area contributed by atoms with Crippen molar-refractivity contribution in [3.05, 3.63) is 41.9 Å². The highest BCUT2D eigenvalue weighted by molar-refractivity contribution is 5.97. The third kappa shape index (κ3) is 4.67. The molecule has 6 heteroatoms. The number of carbonyl (C=O) groups is 1. The Morgan fingerprint density at radius 3 is 2.72 bits per heavy atom. The summed E-state index contributed by atoms with van der Waals surface area (Å²) in [5.74, 6) is 0.316. The molecule has 0 unspecified atom stereocenters. The fourth-order valence-corrected chi connectivity index (χ4v) is 2.88. The Balaban J connectivity index is 1.58. The molecule has 1 aromatic heterocycles. The molecule has 1 amide bonds. The number of amides is 1. The smallest absolute Gasteiger partial charge is 0.274 e. The first-order chi connectivity index (χ1) is 12.1. The Morgan fingerprint density at radius 2 is 2.00 bits per heavy atom. The molecule has 1 aromatic carbocycles. The van der Waals surface area contributed by atoms with Crippen molar-refractivity contribution in [3.8, 4) is 11.3 Å². The van der Waals surface area contributed by atoms with Gasteiger partial charge in [-0.05, 0) is 20.3 Å². The molecule has 0 aliphatic carbocycles. The Hall–Kier alpha value is -2.18. The molecule has 0 radical (unpaired) electrons. The molecule has 1 fully saturated rings. The van der Waals surface area contributed by atoms with Gasteiger partial charge in [-0.3, -0.25) is 9.69 Å². The summed E-state index contributed by atoms with van der Waals surface area (Å²) in [5, 5.41) is 3.02. The number of oxazole rings is 1. The first kappa shape index (κ1) is 17.6. The van der Waals surface area contributed by atoms with Crippen molar-refractivity contribution in [3.63, 3.8) is 0 Å².